The molecule has 0 bridgehead atoms. The van der Waals surface area contributed by atoms with Gasteiger partial charge in [-0.2, -0.15) is 0 Å². The maximum absolute atomic E-state index is 15.4. The van der Waals surface area contributed by atoms with E-state index in [1.54, 1.807) is 15.8 Å². The van der Waals surface area contributed by atoms with Crippen LogP contribution in [-0.2, 0) is 0 Å². The van der Waals surface area contributed by atoms with Gasteiger partial charge in [-0.1, -0.05) is 48.6 Å². The highest BCUT2D eigenvalue weighted by Crippen LogP contribution is 2.31. The van der Waals surface area contributed by atoms with Gasteiger partial charge in [-0.3, -0.25) is 0 Å². The normalized spacial score (nSPS) is 11.8. The third-order valence-corrected chi connectivity index (χ3v) is 12.7. The molecule has 0 saturated heterocycles. The number of halogens is 20. The van der Waals surface area contributed by atoms with E-state index in [2.05, 4.69) is 62.6 Å². The van der Waals surface area contributed by atoms with Gasteiger partial charge >= 0.3 is 8.80 Å². The van der Waals surface area contributed by atoms with Crippen LogP contribution in [0.1, 0.15) is 0 Å². The smallest absolute Gasteiger partial charge is 0.207 e. The van der Waals surface area contributed by atoms with Gasteiger partial charge in [-0.15, -0.1) is 21.9 Å². The molecule has 0 unspecified atom stereocenters. The van der Waals surface area contributed by atoms with Gasteiger partial charge in [0.15, 0.2) is 69.8 Å². The Kier molecular flexibility index (Phi) is 12.9. The van der Waals surface area contributed by atoms with Gasteiger partial charge in [-0.05, 0) is 11.5 Å². The minimum atomic E-state index is -7.22. The summed E-state index contributed by atoms with van der Waals surface area (Å²) in [5.74, 6) is -71.4. The highest BCUT2D eigenvalue weighted by molar-refractivity contribution is 7.20. The van der Waals surface area contributed by atoms with E-state index in [9.17, 15) is 52.7 Å². The predicted octanol–water partition coefficient (Wildman–Crippen LogP) is 8.61. The van der Waals surface area contributed by atoms with Crippen LogP contribution in [0.15, 0.2) is 36.4 Å². The molecule has 0 amide bonds. The van der Waals surface area contributed by atoms with Crippen LogP contribution in [0.2, 0.25) is 26.2 Å². The zero-order valence-corrected chi connectivity index (χ0v) is 32.6. The number of hydrogen-bond acceptors (Lipinski definition) is 0. The second kappa shape index (κ2) is 16.9. The molecule has 23 heteroatoms. The molecule has 6 aromatic rings. The molecule has 0 spiro atoms. The minimum Gasteiger partial charge on any atom is -0.207 e. The van der Waals surface area contributed by atoms with E-state index < -0.39 is 144 Å². The lowest BCUT2D eigenvalue weighted by Crippen LogP contribution is -2.81. The fraction of sp³-hybridized carbons (Fsp3) is 0.105. The highest BCUT2D eigenvalue weighted by Gasteiger charge is 2.52. The molecular weight excluding hydrogens is 903 g/mol. The number of rotatable bonds is 6. The second-order valence-electron chi connectivity index (χ2n) is 13.5. The van der Waals surface area contributed by atoms with Gasteiger partial charge in [0.25, 0.3) is 0 Å². The van der Waals surface area contributed by atoms with Crippen molar-refractivity contribution in [3.63, 3.8) is 0 Å². The van der Waals surface area contributed by atoms with E-state index in [1.807, 2.05) is 0 Å². The summed E-state index contributed by atoms with van der Waals surface area (Å²) in [5.41, 5.74) is -14.3. The first-order valence-corrected chi connectivity index (χ1v) is 21.7. The van der Waals surface area contributed by atoms with Crippen molar-refractivity contribution in [3.8, 4) is 0 Å². The SMILES string of the molecule is C[Si](C)c1cccc2cccc([Si+](C)C)c12.Fc1c(F)c(F)c([B-](c2c(F)c(F)c(F)c(F)c2F)(c2c(F)c(F)c(F)c(F)c2F)c2c(F)c(F)c(F)c(F)c2F)c(F)c1F. The summed E-state index contributed by atoms with van der Waals surface area (Å²) in [4.78, 5) is 0. The minimum absolute atomic E-state index is 0.376. The number of fused-ring (bicyclic) bond motifs is 1. The molecule has 0 atom stereocenters. The molecule has 0 aromatic heterocycles. The fourth-order valence-corrected chi connectivity index (χ4v) is 9.59. The Morgan fingerprint density at radius 1 is 0.344 bits per heavy atom. The van der Waals surface area contributed by atoms with Crippen LogP contribution in [0.3, 0.4) is 0 Å². The average Bonchev–Trinajstić information content (AvgIpc) is 3.23. The first kappa shape index (κ1) is 46.7. The molecule has 0 N–H and O–H groups in total. The van der Waals surface area contributed by atoms with Crippen molar-refractivity contribution in [2.24, 2.45) is 0 Å². The van der Waals surface area contributed by atoms with Gasteiger partial charge in [0.05, 0.1) is 21.9 Å². The molecule has 0 aliphatic rings. The van der Waals surface area contributed by atoms with E-state index >= 15 is 35.1 Å². The lowest BCUT2D eigenvalue weighted by molar-refractivity contribution is 0.378. The summed E-state index contributed by atoms with van der Waals surface area (Å²) >= 11 is 0. The molecule has 61 heavy (non-hydrogen) atoms. The Morgan fingerprint density at radius 3 is 0.803 bits per heavy atom. The Labute approximate surface area is 333 Å². The van der Waals surface area contributed by atoms with E-state index in [0.717, 1.165) is 0 Å². The number of benzene rings is 6. The Morgan fingerprint density at radius 2 is 0.574 bits per heavy atom. The van der Waals surface area contributed by atoms with Gasteiger partial charge < -0.3 is 0 Å². The Bertz CT molecular complexity index is 2350. The topological polar surface area (TPSA) is 0 Å². The maximum Gasteiger partial charge on any atom is 0.346 e. The summed E-state index contributed by atoms with van der Waals surface area (Å²) in [5, 5.41) is 6.18. The van der Waals surface area contributed by atoms with Crippen molar-refractivity contribution in [1.82, 2.24) is 0 Å². The van der Waals surface area contributed by atoms with Crippen molar-refractivity contribution >= 4 is 66.7 Å². The van der Waals surface area contributed by atoms with E-state index in [0.29, 0.717) is 0 Å². The maximum atomic E-state index is 15.4. The van der Waals surface area contributed by atoms with Crippen LogP contribution < -0.4 is 32.2 Å². The summed E-state index contributed by atoms with van der Waals surface area (Å²) in [6, 6.07) is 13.6. The van der Waals surface area contributed by atoms with Crippen LogP contribution >= 0.6 is 0 Å². The third-order valence-electron chi connectivity index (χ3n) is 9.69. The van der Waals surface area contributed by atoms with Crippen molar-refractivity contribution in [1.29, 1.82) is 0 Å². The average molecular weight is 922 g/mol. The summed E-state index contributed by atoms with van der Waals surface area (Å²) in [6.07, 6.45) is -7.22. The standard InChI is InChI=1S/C24BF20.C14H18Si2/c26-5-1(6(27)14(35)21(42)13(5)34)25(2-7(28)15(36)22(43)16(37)8(2)29,3-9(30)17(38)23(44)18(39)10(3)31)4-11(32)19(40)24(45)20(41)12(4)33;1-15(2)12-9-5-7-11-8-6-10-13(14(11)12)16(3)4/h;5-10H,1-4H3/q-1;+1. The lowest BCUT2D eigenvalue weighted by Gasteiger charge is -2.44. The third kappa shape index (κ3) is 7.05. The fourth-order valence-electron chi connectivity index (χ4n) is 7.05. The molecule has 0 heterocycles. The summed E-state index contributed by atoms with van der Waals surface area (Å²) in [7, 11) is -0.752. The zero-order valence-electron chi connectivity index (χ0n) is 30.6. The van der Waals surface area contributed by atoms with Crippen LogP contribution in [0.25, 0.3) is 10.8 Å². The molecule has 0 aliphatic heterocycles. The second-order valence-corrected chi connectivity index (χ2v) is 18.6. The number of hydrogen-bond donors (Lipinski definition) is 0. The van der Waals surface area contributed by atoms with Crippen LogP contribution in [0.4, 0.5) is 87.8 Å². The van der Waals surface area contributed by atoms with Crippen LogP contribution in [-0.4, -0.2) is 23.7 Å². The van der Waals surface area contributed by atoms with Crippen LogP contribution in [0.5, 0.6) is 0 Å². The lowest BCUT2D eigenvalue weighted by atomic mass is 9.12. The highest BCUT2D eigenvalue weighted by atomic mass is 28.3. The molecular formula is C38H18BF20Si2. The Hall–Kier alpha value is -5.32. The van der Waals surface area contributed by atoms with E-state index in [4.69, 9.17) is 0 Å². The van der Waals surface area contributed by atoms with Gasteiger partial charge in [0.2, 0.25) is 0 Å². The van der Waals surface area contributed by atoms with Crippen molar-refractivity contribution in [3.05, 3.63) is 153 Å². The predicted molar refractivity (Wildman–Crippen MR) is 187 cm³/mol. The van der Waals surface area contributed by atoms with Crippen LogP contribution in [0, 0.1) is 116 Å². The molecule has 0 fully saturated rings. The first-order chi connectivity index (χ1) is 28.3. The zero-order chi connectivity index (χ0) is 46.1. The molecule has 0 aliphatic carbocycles. The van der Waals surface area contributed by atoms with Crippen molar-refractivity contribution in [2.75, 3.05) is 0 Å². The summed E-state index contributed by atoms with van der Waals surface area (Å²) in [6.45, 7) is 9.53. The monoisotopic (exact) mass is 921 g/mol. The quantitative estimate of drug-likeness (QED) is 0.0681. The molecule has 6 aromatic carbocycles. The molecule has 0 saturated carbocycles. The Balaban J connectivity index is 0.000000366. The van der Waals surface area contributed by atoms with Gasteiger partial charge in [-0.25, -0.2) is 87.8 Å². The van der Waals surface area contributed by atoms with Gasteiger partial charge in [0.1, 0.15) is 57.9 Å². The van der Waals surface area contributed by atoms with Crippen molar-refractivity contribution < 1.29 is 87.8 Å². The molecule has 0 nitrogen and oxygen atoms in total. The first-order valence-electron chi connectivity index (χ1n) is 16.7. The van der Waals surface area contributed by atoms with E-state index in [1.165, 1.54) is 5.39 Å². The summed E-state index contributed by atoms with van der Waals surface area (Å²) < 4.78 is 294. The largest absolute Gasteiger partial charge is 0.346 e. The van der Waals surface area contributed by atoms with E-state index in [-0.39, 0.29) is 17.6 Å². The van der Waals surface area contributed by atoms with Crippen molar-refractivity contribution in [2.45, 2.75) is 26.2 Å². The molecule has 321 valence electrons. The molecule has 1 radical (unpaired) electrons. The van der Waals surface area contributed by atoms with Gasteiger partial charge in [0, 0.05) is 5.39 Å². The molecule has 6 rings (SSSR count).